The average Bonchev–Trinajstić information content (AvgIpc) is 2.46. The van der Waals surface area contributed by atoms with E-state index < -0.39 is 21.1 Å². The molecule has 1 aromatic rings. The number of hydrogen-bond donors (Lipinski definition) is 1. The van der Waals surface area contributed by atoms with E-state index in [0.717, 1.165) is 18.4 Å². The summed E-state index contributed by atoms with van der Waals surface area (Å²) in [5.74, 6) is -0.853. The molecule has 1 N–H and O–H groups in total. The lowest BCUT2D eigenvalue weighted by Crippen LogP contribution is -2.21. The highest BCUT2D eigenvalue weighted by atomic mass is 32.2. The Morgan fingerprint density at radius 3 is 2.50 bits per heavy atom. The first-order valence-corrected chi connectivity index (χ1v) is 8.26. The van der Waals surface area contributed by atoms with Crippen molar-refractivity contribution in [2.24, 2.45) is 0 Å². The molecule has 108 valence electrons. The van der Waals surface area contributed by atoms with E-state index in [2.05, 4.69) is 0 Å². The highest BCUT2D eigenvalue weighted by molar-refractivity contribution is 7.92. The maximum atomic E-state index is 12.4. The molecule has 1 aliphatic rings. The van der Waals surface area contributed by atoms with Gasteiger partial charge < -0.3 is 5.11 Å². The Kier molecular flexibility index (Phi) is 4.60. The summed E-state index contributed by atoms with van der Waals surface area (Å²) in [6, 6.07) is 6.55. The van der Waals surface area contributed by atoms with Crippen molar-refractivity contribution in [2.45, 2.75) is 42.2 Å². The van der Waals surface area contributed by atoms with Crippen LogP contribution in [0.15, 0.2) is 41.3 Å². The van der Waals surface area contributed by atoms with Gasteiger partial charge >= 0.3 is 5.97 Å². The maximum Gasteiger partial charge on any atom is 0.303 e. The van der Waals surface area contributed by atoms with Crippen LogP contribution in [0, 0.1) is 0 Å². The second kappa shape index (κ2) is 6.22. The van der Waals surface area contributed by atoms with Gasteiger partial charge in [0.2, 0.25) is 0 Å². The van der Waals surface area contributed by atoms with E-state index in [9.17, 15) is 13.2 Å². The first-order chi connectivity index (χ1) is 9.50. The van der Waals surface area contributed by atoms with Gasteiger partial charge in [-0.15, -0.1) is 0 Å². The molecule has 4 nitrogen and oxygen atoms in total. The minimum absolute atomic E-state index is 0.0530. The number of aliphatic carboxylic acids is 1. The molecule has 0 heterocycles. The Hall–Kier alpha value is -1.62. The number of aryl methyl sites for hydroxylation is 1. The molecular weight excluding hydrogens is 276 g/mol. The molecule has 1 atom stereocenters. The Balaban J connectivity index is 2.14. The molecule has 1 aliphatic carbocycles. The van der Waals surface area contributed by atoms with Crippen LogP contribution in [0.4, 0.5) is 0 Å². The van der Waals surface area contributed by atoms with Crippen LogP contribution in [0.25, 0.3) is 0 Å². The van der Waals surface area contributed by atoms with Crippen molar-refractivity contribution in [1.82, 2.24) is 0 Å². The lowest BCUT2D eigenvalue weighted by atomic mass is 10.1. The Bertz CT molecular complexity index is 599. The molecule has 0 aliphatic heterocycles. The van der Waals surface area contributed by atoms with Crippen LogP contribution in [0.3, 0.4) is 0 Å². The van der Waals surface area contributed by atoms with Crippen molar-refractivity contribution >= 4 is 15.8 Å². The van der Waals surface area contributed by atoms with E-state index in [1.807, 2.05) is 6.08 Å². The summed E-state index contributed by atoms with van der Waals surface area (Å²) in [5, 5.41) is 8.20. The minimum Gasteiger partial charge on any atom is -0.481 e. The van der Waals surface area contributed by atoms with Crippen LogP contribution >= 0.6 is 0 Å². The third-order valence-corrected chi connectivity index (χ3v) is 5.61. The number of carboxylic acids is 1. The maximum absolute atomic E-state index is 12.4. The quantitative estimate of drug-likeness (QED) is 0.847. The van der Waals surface area contributed by atoms with E-state index in [4.69, 9.17) is 5.11 Å². The lowest BCUT2D eigenvalue weighted by molar-refractivity contribution is -0.136. The molecular formula is C15H18O4S. The Morgan fingerprint density at radius 1 is 1.25 bits per heavy atom. The molecule has 0 radical (unpaired) electrons. The van der Waals surface area contributed by atoms with Crippen molar-refractivity contribution in [2.75, 3.05) is 0 Å². The lowest BCUT2D eigenvalue weighted by Gasteiger charge is -2.17. The van der Waals surface area contributed by atoms with Gasteiger partial charge in [-0.3, -0.25) is 4.79 Å². The van der Waals surface area contributed by atoms with Crippen LogP contribution < -0.4 is 0 Å². The summed E-state index contributed by atoms with van der Waals surface area (Å²) < 4.78 is 24.8. The summed E-state index contributed by atoms with van der Waals surface area (Å²) in [4.78, 5) is 10.8. The smallest absolute Gasteiger partial charge is 0.303 e. The zero-order valence-electron chi connectivity index (χ0n) is 11.2. The van der Waals surface area contributed by atoms with Gasteiger partial charge in [-0.2, -0.15) is 0 Å². The van der Waals surface area contributed by atoms with Crippen LogP contribution in [-0.2, 0) is 21.1 Å². The van der Waals surface area contributed by atoms with Crippen LogP contribution in [0.2, 0.25) is 0 Å². The fourth-order valence-corrected chi connectivity index (χ4v) is 3.97. The molecule has 2 rings (SSSR count). The second-order valence-corrected chi connectivity index (χ2v) is 7.15. The fraction of sp³-hybridized carbons (Fsp3) is 0.400. The molecule has 0 amide bonds. The van der Waals surface area contributed by atoms with Gasteiger partial charge in [-0.05, 0) is 43.4 Å². The van der Waals surface area contributed by atoms with E-state index in [1.165, 1.54) is 0 Å². The van der Waals surface area contributed by atoms with Gasteiger partial charge in [0.05, 0.1) is 10.1 Å². The number of benzene rings is 1. The third-order valence-electron chi connectivity index (χ3n) is 3.49. The van der Waals surface area contributed by atoms with Gasteiger partial charge in [-0.1, -0.05) is 24.3 Å². The number of hydrogen-bond acceptors (Lipinski definition) is 3. The topological polar surface area (TPSA) is 71.4 Å². The SMILES string of the molecule is O=C(O)CCc1ccc(S(=O)(=O)C2C=CCCC2)cc1. The van der Waals surface area contributed by atoms with Crippen molar-refractivity contribution in [3.63, 3.8) is 0 Å². The third kappa shape index (κ3) is 3.48. The number of carbonyl (C=O) groups is 1. The van der Waals surface area contributed by atoms with Crippen LogP contribution in [0.1, 0.15) is 31.2 Å². The Labute approximate surface area is 119 Å². The van der Waals surface area contributed by atoms with E-state index in [1.54, 1.807) is 30.3 Å². The van der Waals surface area contributed by atoms with Crippen molar-refractivity contribution < 1.29 is 18.3 Å². The summed E-state index contributed by atoms with van der Waals surface area (Å²) >= 11 is 0. The highest BCUT2D eigenvalue weighted by Gasteiger charge is 2.25. The first-order valence-electron chi connectivity index (χ1n) is 6.71. The van der Waals surface area contributed by atoms with Crippen LogP contribution in [0.5, 0.6) is 0 Å². The molecule has 5 heteroatoms. The molecule has 0 fully saturated rings. The summed E-state index contributed by atoms with van der Waals surface area (Å²) in [6.07, 6.45) is 6.68. The number of allylic oxidation sites excluding steroid dienone is 1. The van der Waals surface area contributed by atoms with E-state index in [-0.39, 0.29) is 6.42 Å². The molecule has 0 bridgehead atoms. The molecule has 1 aromatic carbocycles. The van der Waals surface area contributed by atoms with Gasteiger partial charge in [0, 0.05) is 6.42 Å². The normalized spacial score (nSPS) is 18.9. The van der Waals surface area contributed by atoms with Gasteiger partial charge in [0.25, 0.3) is 0 Å². The molecule has 1 unspecified atom stereocenters. The molecule has 0 aromatic heterocycles. The first kappa shape index (κ1) is 14.8. The zero-order valence-corrected chi connectivity index (χ0v) is 12.0. The predicted molar refractivity (Wildman–Crippen MR) is 76.4 cm³/mol. The highest BCUT2D eigenvalue weighted by Crippen LogP contribution is 2.24. The molecule has 0 saturated carbocycles. The number of sulfone groups is 1. The van der Waals surface area contributed by atoms with Crippen molar-refractivity contribution in [1.29, 1.82) is 0 Å². The van der Waals surface area contributed by atoms with E-state index in [0.29, 0.717) is 17.7 Å². The number of rotatable bonds is 5. The summed E-state index contributed by atoms with van der Waals surface area (Å²) in [7, 11) is -3.31. The minimum atomic E-state index is -3.31. The van der Waals surface area contributed by atoms with E-state index >= 15 is 0 Å². The monoisotopic (exact) mass is 294 g/mol. The zero-order chi connectivity index (χ0) is 14.6. The van der Waals surface area contributed by atoms with Gasteiger partial charge in [0.1, 0.15) is 0 Å². The van der Waals surface area contributed by atoms with Crippen molar-refractivity contribution in [3.8, 4) is 0 Å². The number of carboxylic acid groups (broad SMARTS) is 1. The average molecular weight is 294 g/mol. The largest absolute Gasteiger partial charge is 0.481 e. The standard InChI is InChI=1S/C15H18O4S/c16-15(17)11-8-12-6-9-14(10-7-12)20(18,19)13-4-2-1-3-5-13/h2,4,6-7,9-10,13H,1,3,5,8,11H2,(H,16,17). The molecule has 20 heavy (non-hydrogen) atoms. The predicted octanol–water partition coefficient (Wildman–Crippen LogP) is 2.59. The molecule has 0 saturated heterocycles. The Morgan fingerprint density at radius 2 is 1.95 bits per heavy atom. The van der Waals surface area contributed by atoms with Gasteiger partial charge in [0.15, 0.2) is 9.84 Å². The van der Waals surface area contributed by atoms with Crippen molar-refractivity contribution in [3.05, 3.63) is 42.0 Å². The summed E-state index contributed by atoms with van der Waals surface area (Å²) in [6.45, 7) is 0. The summed E-state index contributed by atoms with van der Waals surface area (Å²) in [5.41, 5.74) is 0.838. The molecule has 0 spiro atoms. The van der Waals surface area contributed by atoms with Crippen LogP contribution in [-0.4, -0.2) is 24.7 Å². The fourth-order valence-electron chi connectivity index (χ4n) is 2.31. The second-order valence-electron chi connectivity index (χ2n) is 4.98. The van der Waals surface area contributed by atoms with Gasteiger partial charge in [-0.25, -0.2) is 8.42 Å².